The zero-order chi connectivity index (χ0) is 16.9. The maximum Gasteiger partial charge on any atom is 0.419 e. The lowest BCUT2D eigenvalue weighted by molar-refractivity contribution is -0.140. The van der Waals surface area contributed by atoms with Gasteiger partial charge in [0.15, 0.2) is 0 Å². The minimum Gasteiger partial charge on any atom is -0.314 e. The van der Waals surface area contributed by atoms with Gasteiger partial charge in [0.25, 0.3) is 0 Å². The maximum absolute atomic E-state index is 13.9. The van der Waals surface area contributed by atoms with E-state index < -0.39 is 17.6 Å². The molecule has 0 bridgehead atoms. The average molecular weight is 332 g/mol. The van der Waals surface area contributed by atoms with Crippen LogP contribution in [0.2, 0.25) is 0 Å². The number of hydrogen-bond acceptors (Lipinski definition) is 2. The molecule has 2 rings (SSSR count). The molecule has 1 aromatic carbocycles. The molecule has 1 aliphatic rings. The lowest BCUT2D eigenvalue weighted by Gasteiger charge is -2.35. The number of unbranched alkanes of at least 4 members (excludes halogenated alkanes) is 2. The Bertz CT molecular complexity index is 496. The number of halogens is 4. The number of piperazine rings is 1. The minimum atomic E-state index is -4.64. The van der Waals surface area contributed by atoms with Crippen LogP contribution in [0.1, 0.15) is 49.8 Å². The highest BCUT2D eigenvalue weighted by Crippen LogP contribution is 2.34. The molecule has 0 saturated carbocycles. The number of alkyl halides is 3. The van der Waals surface area contributed by atoms with Crippen LogP contribution in [0.25, 0.3) is 0 Å². The molecule has 1 saturated heterocycles. The fraction of sp³-hybridized carbons (Fsp3) is 0.647. The quantitative estimate of drug-likeness (QED) is 0.615. The van der Waals surface area contributed by atoms with E-state index in [1.807, 2.05) is 0 Å². The first-order valence-corrected chi connectivity index (χ1v) is 8.25. The third-order valence-electron chi connectivity index (χ3n) is 4.36. The average Bonchev–Trinajstić information content (AvgIpc) is 2.51. The molecule has 130 valence electrons. The SMILES string of the molecule is CCCCC[C@@H](c1ccc(C(F)(F)F)c(F)c1)N1CCNCC1. The largest absolute Gasteiger partial charge is 0.419 e. The van der Waals surface area contributed by atoms with Crippen molar-refractivity contribution in [3.8, 4) is 0 Å². The summed E-state index contributed by atoms with van der Waals surface area (Å²) in [5.74, 6) is -1.18. The molecular formula is C17H24F4N2. The van der Waals surface area contributed by atoms with Crippen molar-refractivity contribution in [2.45, 2.75) is 44.8 Å². The van der Waals surface area contributed by atoms with Crippen molar-refractivity contribution in [1.82, 2.24) is 10.2 Å². The summed E-state index contributed by atoms with van der Waals surface area (Å²) in [4.78, 5) is 2.24. The van der Waals surface area contributed by atoms with Gasteiger partial charge in [-0.05, 0) is 24.1 Å². The van der Waals surface area contributed by atoms with Crippen molar-refractivity contribution in [2.24, 2.45) is 0 Å². The van der Waals surface area contributed by atoms with E-state index >= 15 is 0 Å². The van der Waals surface area contributed by atoms with Crippen LogP contribution in [0.5, 0.6) is 0 Å². The van der Waals surface area contributed by atoms with Gasteiger partial charge in [-0.2, -0.15) is 13.2 Å². The first-order chi connectivity index (χ1) is 10.9. The van der Waals surface area contributed by atoms with Crippen LogP contribution in [0.15, 0.2) is 18.2 Å². The van der Waals surface area contributed by atoms with Gasteiger partial charge in [0, 0.05) is 32.2 Å². The van der Waals surface area contributed by atoms with Crippen LogP contribution in [-0.4, -0.2) is 31.1 Å². The summed E-state index contributed by atoms with van der Waals surface area (Å²) in [6, 6.07) is 3.37. The Balaban J connectivity index is 2.21. The van der Waals surface area contributed by atoms with Crippen molar-refractivity contribution < 1.29 is 17.6 Å². The first-order valence-electron chi connectivity index (χ1n) is 8.25. The van der Waals surface area contributed by atoms with Crippen LogP contribution in [-0.2, 0) is 6.18 Å². The zero-order valence-electron chi connectivity index (χ0n) is 13.4. The molecule has 0 spiro atoms. The van der Waals surface area contributed by atoms with Gasteiger partial charge in [0.1, 0.15) is 5.82 Å². The van der Waals surface area contributed by atoms with Gasteiger partial charge in [-0.1, -0.05) is 32.3 Å². The number of hydrogen-bond donors (Lipinski definition) is 1. The highest BCUT2D eigenvalue weighted by molar-refractivity contribution is 5.28. The molecule has 0 unspecified atom stereocenters. The Labute approximate surface area is 134 Å². The molecule has 1 atom stereocenters. The summed E-state index contributed by atoms with van der Waals surface area (Å²) in [5.41, 5.74) is -0.539. The number of nitrogens with one attached hydrogen (secondary N) is 1. The van der Waals surface area contributed by atoms with Crippen molar-refractivity contribution >= 4 is 0 Å². The van der Waals surface area contributed by atoms with E-state index in [0.29, 0.717) is 5.56 Å². The van der Waals surface area contributed by atoms with Gasteiger partial charge in [-0.25, -0.2) is 4.39 Å². The van der Waals surface area contributed by atoms with Crippen LogP contribution < -0.4 is 5.32 Å². The molecule has 0 aromatic heterocycles. The minimum absolute atomic E-state index is 0.0135. The molecule has 1 heterocycles. The smallest absolute Gasteiger partial charge is 0.314 e. The Morgan fingerprint density at radius 2 is 1.87 bits per heavy atom. The van der Waals surface area contributed by atoms with Crippen LogP contribution >= 0.6 is 0 Å². The molecule has 1 aromatic rings. The van der Waals surface area contributed by atoms with Gasteiger partial charge < -0.3 is 5.32 Å². The van der Waals surface area contributed by atoms with Crippen LogP contribution in [0.4, 0.5) is 17.6 Å². The number of benzene rings is 1. The molecule has 2 nitrogen and oxygen atoms in total. The highest BCUT2D eigenvalue weighted by atomic mass is 19.4. The van der Waals surface area contributed by atoms with Crippen molar-refractivity contribution in [3.05, 3.63) is 35.1 Å². The summed E-state index contributed by atoms with van der Waals surface area (Å²) in [7, 11) is 0. The van der Waals surface area contributed by atoms with E-state index in [9.17, 15) is 17.6 Å². The Morgan fingerprint density at radius 1 is 1.17 bits per heavy atom. The van der Waals surface area contributed by atoms with Crippen molar-refractivity contribution in [3.63, 3.8) is 0 Å². The maximum atomic E-state index is 13.9. The molecular weight excluding hydrogens is 308 g/mol. The van der Waals surface area contributed by atoms with Gasteiger partial charge in [-0.3, -0.25) is 4.90 Å². The zero-order valence-corrected chi connectivity index (χ0v) is 13.4. The van der Waals surface area contributed by atoms with Gasteiger partial charge in [0.2, 0.25) is 0 Å². The summed E-state index contributed by atoms with van der Waals surface area (Å²) in [6.07, 6.45) is -0.650. The molecule has 0 amide bonds. The van der Waals surface area contributed by atoms with Gasteiger partial charge in [-0.15, -0.1) is 0 Å². The van der Waals surface area contributed by atoms with Crippen molar-refractivity contribution in [2.75, 3.05) is 26.2 Å². The van der Waals surface area contributed by atoms with Crippen LogP contribution in [0.3, 0.4) is 0 Å². The predicted octanol–water partition coefficient (Wildman–Crippen LogP) is 4.37. The molecule has 0 aliphatic carbocycles. The predicted molar refractivity (Wildman–Crippen MR) is 82.7 cm³/mol. The van der Waals surface area contributed by atoms with Gasteiger partial charge >= 0.3 is 6.18 Å². The topological polar surface area (TPSA) is 15.3 Å². The second-order valence-corrected chi connectivity index (χ2v) is 6.03. The lowest BCUT2D eigenvalue weighted by Crippen LogP contribution is -2.45. The second kappa shape index (κ2) is 8.11. The summed E-state index contributed by atoms with van der Waals surface area (Å²) in [6.45, 7) is 5.48. The fourth-order valence-electron chi connectivity index (χ4n) is 3.11. The van der Waals surface area contributed by atoms with Crippen LogP contribution in [0, 0.1) is 5.82 Å². The molecule has 1 fully saturated rings. The Hall–Kier alpha value is -1.14. The van der Waals surface area contributed by atoms with E-state index in [2.05, 4.69) is 17.1 Å². The molecule has 0 radical (unpaired) electrons. The third-order valence-corrected chi connectivity index (χ3v) is 4.36. The molecule has 6 heteroatoms. The fourth-order valence-corrected chi connectivity index (χ4v) is 3.11. The third kappa shape index (κ3) is 4.91. The van der Waals surface area contributed by atoms with Gasteiger partial charge in [0.05, 0.1) is 5.56 Å². The van der Waals surface area contributed by atoms with Crippen molar-refractivity contribution in [1.29, 1.82) is 0 Å². The van der Waals surface area contributed by atoms with E-state index in [-0.39, 0.29) is 6.04 Å². The molecule has 1 aliphatic heterocycles. The van der Waals surface area contributed by atoms with E-state index in [0.717, 1.165) is 64.0 Å². The molecule has 23 heavy (non-hydrogen) atoms. The Morgan fingerprint density at radius 3 is 2.43 bits per heavy atom. The lowest BCUT2D eigenvalue weighted by atomic mass is 9.96. The normalized spacial score (nSPS) is 18.1. The van der Waals surface area contributed by atoms with E-state index in [1.165, 1.54) is 6.07 Å². The summed E-state index contributed by atoms with van der Waals surface area (Å²) in [5, 5.41) is 3.26. The first kappa shape index (κ1) is 18.2. The summed E-state index contributed by atoms with van der Waals surface area (Å²) < 4.78 is 52.1. The van der Waals surface area contributed by atoms with E-state index in [1.54, 1.807) is 0 Å². The Kier molecular flexibility index (Phi) is 6.41. The number of nitrogens with zero attached hydrogens (tertiary/aromatic N) is 1. The van der Waals surface area contributed by atoms with E-state index in [4.69, 9.17) is 0 Å². The summed E-state index contributed by atoms with van der Waals surface area (Å²) >= 11 is 0. The number of rotatable bonds is 6. The standard InChI is InChI=1S/C17H24F4N2/c1-2-3-4-5-16(23-10-8-22-9-11-23)13-6-7-14(15(18)12-13)17(19,20)21/h6-7,12,16,22H,2-5,8-11H2,1H3/t16-/m0/s1. The second-order valence-electron chi connectivity index (χ2n) is 6.03. The molecule has 1 N–H and O–H groups in total. The monoisotopic (exact) mass is 332 g/mol. The highest BCUT2D eigenvalue weighted by Gasteiger charge is 2.34.